The number of nitrogens with one attached hydrogen (secondary N) is 1. The van der Waals surface area contributed by atoms with Gasteiger partial charge in [0.15, 0.2) is 0 Å². The monoisotopic (exact) mass is 133 g/mol. The molecular formula is C9H11N. The van der Waals surface area contributed by atoms with Gasteiger partial charge in [-0.2, -0.15) is 0 Å². The van der Waals surface area contributed by atoms with E-state index in [1.165, 1.54) is 17.7 Å². The third-order valence-electron chi connectivity index (χ3n) is 2.18. The van der Waals surface area contributed by atoms with Crippen molar-refractivity contribution in [1.82, 2.24) is 5.32 Å². The molecule has 0 saturated heterocycles. The summed E-state index contributed by atoms with van der Waals surface area (Å²) in [6.07, 6.45) is 9.76. The Bertz CT molecular complexity index is 233. The predicted octanol–water partition coefficient (Wildman–Crippen LogP) is 1.95. The van der Waals surface area contributed by atoms with Crippen molar-refractivity contribution in [3.8, 4) is 0 Å². The zero-order chi connectivity index (χ0) is 6.97. The van der Waals surface area contributed by atoms with Crippen molar-refractivity contribution in [3.05, 3.63) is 35.7 Å². The molecule has 0 bridgehead atoms. The van der Waals surface area contributed by atoms with Gasteiger partial charge in [-0.05, 0) is 25.0 Å². The molecular weight excluding hydrogens is 122 g/mol. The standard InChI is InChI=1S/C9H11N/c1-7-6-10-9-5-3-2-4-8(7)9/h2-3,5-6,8,10H,4H2,1H3. The molecule has 2 aliphatic rings. The molecule has 0 radical (unpaired) electrons. The van der Waals surface area contributed by atoms with Crippen molar-refractivity contribution in [2.24, 2.45) is 5.92 Å². The summed E-state index contributed by atoms with van der Waals surface area (Å²) in [4.78, 5) is 0. The molecule has 0 saturated carbocycles. The molecule has 10 heavy (non-hydrogen) atoms. The molecule has 1 unspecified atom stereocenters. The van der Waals surface area contributed by atoms with Crippen LogP contribution in [-0.4, -0.2) is 0 Å². The van der Waals surface area contributed by atoms with Gasteiger partial charge in [0.05, 0.1) is 0 Å². The van der Waals surface area contributed by atoms with Crippen LogP contribution in [0.4, 0.5) is 0 Å². The highest BCUT2D eigenvalue weighted by molar-refractivity contribution is 5.33. The Morgan fingerprint density at radius 2 is 2.50 bits per heavy atom. The summed E-state index contributed by atoms with van der Waals surface area (Å²) >= 11 is 0. The highest BCUT2D eigenvalue weighted by Crippen LogP contribution is 2.29. The van der Waals surface area contributed by atoms with Gasteiger partial charge in [-0.3, -0.25) is 0 Å². The molecule has 0 aromatic carbocycles. The highest BCUT2D eigenvalue weighted by atomic mass is 14.9. The SMILES string of the molecule is CC1=CNC2=CC=CCC12. The Hall–Kier alpha value is -0.980. The fraction of sp³-hybridized carbons (Fsp3) is 0.333. The summed E-state index contributed by atoms with van der Waals surface area (Å²) in [6.45, 7) is 2.18. The first-order valence-electron chi connectivity index (χ1n) is 3.68. The van der Waals surface area contributed by atoms with Gasteiger partial charge in [-0.1, -0.05) is 12.2 Å². The van der Waals surface area contributed by atoms with Gasteiger partial charge < -0.3 is 5.32 Å². The van der Waals surface area contributed by atoms with Crippen LogP contribution in [0.25, 0.3) is 0 Å². The van der Waals surface area contributed by atoms with Crippen molar-refractivity contribution in [2.45, 2.75) is 13.3 Å². The lowest BCUT2D eigenvalue weighted by Crippen LogP contribution is -2.08. The maximum Gasteiger partial charge on any atom is 0.0248 e. The number of hydrogen-bond donors (Lipinski definition) is 1. The molecule has 1 nitrogen and oxygen atoms in total. The molecule has 1 atom stereocenters. The van der Waals surface area contributed by atoms with Gasteiger partial charge in [0, 0.05) is 17.8 Å². The topological polar surface area (TPSA) is 12.0 Å². The molecule has 0 spiro atoms. The quantitative estimate of drug-likeness (QED) is 0.532. The first kappa shape index (κ1) is 5.78. The van der Waals surface area contributed by atoms with E-state index in [9.17, 15) is 0 Å². The molecule has 1 aliphatic carbocycles. The molecule has 1 N–H and O–H groups in total. The van der Waals surface area contributed by atoms with Gasteiger partial charge in [-0.15, -0.1) is 0 Å². The van der Waals surface area contributed by atoms with Crippen LogP contribution >= 0.6 is 0 Å². The van der Waals surface area contributed by atoms with Crippen molar-refractivity contribution in [3.63, 3.8) is 0 Å². The van der Waals surface area contributed by atoms with E-state index in [1.54, 1.807) is 0 Å². The van der Waals surface area contributed by atoms with Gasteiger partial charge in [-0.25, -0.2) is 0 Å². The zero-order valence-electron chi connectivity index (χ0n) is 6.09. The van der Waals surface area contributed by atoms with Crippen LogP contribution in [0.5, 0.6) is 0 Å². The third-order valence-corrected chi connectivity index (χ3v) is 2.18. The molecule has 0 amide bonds. The van der Waals surface area contributed by atoms with Crippen LogP contribution in [-0.2, 0) is 0 Å². The van der Waals surface area contributed by atoms with Gasteiger partial charge in [0.1, 0.15) is 0 Å². The summed E-state index contributed by atoms with van der Waals surface area (Å²) in [7, 11) is 0. The first-order valence-corrected chi connectivity index (χ1v) is 3.68. The minimum atomic E-state index is 0.657. The molecule has 1 aliphatic heterocycles. The number of allylic oxidation sites excluding steroid dienone is 4. The maximum absolute atomic E-state index is 3.26. The van der Waals surface area contributed by atoms with E-state index in [4.69, 9.17) is 0 Å². The number of hydrogen-bond acceptors (Lipinski definition) is 1. The van der Waals surface area contributed by atoms with E-state index in [1.807, 2.05) is 0 Å². The van der Waals surface area contributed by atoms with Crippen LogP contribution in [0.2, 0.25) is 0 Å². The fourth-order valence-electron chi connectivity index (χ4n) is 1.51. The smallest absolute Gasteiger partial charge is 0.0248 e. The highest BCUT2D eigenvalue weighted by Gasteiger charge is 2.20. The molecule has 52 valence electrons. The third kappa shape index (κ3) is 0.703. The van der Waals surface area contributed by atoms with Crippen LogP contribution < -0.4 is 5.32 Å². The number of rotatable bonds is 0. The number of fused-ring (bicyclic) bond motifs is 1. The van der Waals surface area contributed by atoms with Gasteiger partial charge in [0.2, 0.25) is 0 Å². The molecule has 0 aromatic rings. The van der Waals surface area contributed by atoms with E-state index < -0.39 is 0 Å². The minimum absolute atomic E-state index is 0.657. The summed E-state index contributed by atoms with van der Waals surface area (Å²) in [5.41, 5.74) is 2.82. The van der Waals surface area contributed by atoms with Crippen molar-refractivity contribution in [1.29, 1.82) is 0 Å². The zero-order valence-corrected chi connectivity index (χ0v) is 6.09. The second kappa shape index (κ2) is 2.01. The predicted molar refractivity (Wildman–Crippen MR) is 42.2 cm³/mol. The normalized spacial score (nSPS) is 28.7. The lowest BCUT2D eigenvalue weighted by Gasteiger charge is -2.13. The van der Waals surface area contributed by atoms with E-state index in [2.05, 4.69) is 36.7 Å². The Morgan fingerprint density at radius 1 is 1.60 bits per heavy atom. The maximum atomic E-state index is 3.26. The second-order valence-corrected chi connectivity index (χ2v) is 2.87. The van der Waals surface area contributed by atoms with Gasteiger partial charge >= 0.3 is 0 Å². The Balaban J connectivity index is 2.30. The summed E-state index contributed by atoms with van der Waals surface area (Å²) in [5.74, 6) is 0.657. The summed E-state index contributed by atoms with van der Waals surface area (Å²) in [6, 6.07) is 0. The van der Waals surface area contributed by atoms with Crippen LogP contribution in [0.3, 0.4) is 0 Å². The van der Waals surface area contributed by atoms with Crippen molar-refractivity contribution >= 4 is 0 Å². The first-order chi connectivity index (χ1) is 4.88. The van der Waals surface area contributed by atoms with Crippen molar-refractivity contribution in [2.75, 3.05) is 0 Å². The van der Waals surface area contributed by atoms with Crippen LogP contribution in [0, 0.1) is 5.92 Å². The Kier molecular flexibility index (Phi) is 1.16. The molecule has 2 rings (SSSR count). The van der Waals surface area contributed by atoms with Gasteiger partial charge in [0.25, 0.3) is 0 Å². The summed E-state index contributed by atoms with van der Waals surface area (Å²) < 4.78 is 0. The Labute approximate surface area is 61.1 Å². The molecule has 0 aromatic heterocycles. The second-order valence-electron chi connectivity index (χ2n) is 2.87. The lowest BCUT2D eigenvalue weighted by atomic mass is 9.93. The fourth-order valence-corrected chi connectivity index (χ4v) is 1.51. The summed E-state index contributed by atoms with van der Waals surface area (Å²) in [5, 5.41) is 3.26. The van der Waals surface area contributed by atoms with E-state index in [0.717, 1.165) is 0 Å². The average molecular weight is 133 g/mol. The molecule has 1 heterocycles. The minimum Gasteiger partial charge on any atom is -0.365 e. The van der Waals surface area contributed by atoms with E-state index >= 15 is 0 Å². The molecule has 1 heteroatoms. The van der Waals surface area contributed by atoms with Crippen LogP contribution in [0.1, 0.15) is 13.3 Å². The average Bonchev–Trinajstić information content (AvgIpc) is 2.34. The largest absolute Gasteiger partial charge is 0.365 e. The van der Waals surface area contributed by atoms with E-state index in [0.29, 0.717) is 5.92 Å². The molecule has 0 fully saturated rings. The Morgan fingerprint density at radius 3 is 3.30 bits per heavy atom. The van der Waals surface area contributed by atoms with E-state index in [-0.39, 0.29) is 0 Å². The van der Waals surface area contributed by atoms with Crippen molar-refractivity contribution < 1.29 is 0 Å². The lowest BCUT2D eigenvalue weighted by molar-refractivity contribution is 0.720. The van der Waals surface area contributed by atoms with Crippen LogP contribution in [0.15, 0.2) is 35.7 Å².